The van der Waals surface area contributed by atoms with Crippen LogP contribution >= 0.6 is 0 Å². The van der Waals surface area contributed by atoms with Crippen LogP contribution in [0.15, 0.2) is 18.2 Å². The summed E-state index contributed by atoms with van der Waals surface area (Å²) in [5, 5.41) is 0. The van der Waals surface area contributed by atoms with Gasteiger partial charge in [-0.05, 0) is 36.6 Å². The number of benzene rings is 1. The summed E-state index contributed by atoms with van der Waals surface area (Å²) in [6.45, 7) is 4.25. The standard InChI is InChI=1S/C12H20N2/c1-3-4-5-12(14)11-7-6-10(13)8-9(11)2/h6-8,12H,3-5,13-14H2,1-2H3. The van der Waals surface area contributed by atoms with Gasteiger partial charge in [-0.15, -0.1) is 0 Å². The normalized spacial score (nSPS) is 12.8. The molecule has 0 bridgehead atoms. The first-order valence-electron chi connectivity index (χ1n) is 5.26. The smallest absolute Gasteiger partial charge is 0.0316 e. The van der Waals surface area contributed by atoms with Gasteiger partial charge in [0.2, 0.25) is 0 Å². The number of anilines is 1. The molecule has 14 heavy (non-hydrogen) atoms. The Bertz CT molecular complexity index is 294. The van der Waals surface area contributed by atoms with Crippen molar-refractivity contribution in [3.8, 4) is 0 Å². The van der Waals surface area contributed by atoms with Gasteiger partial charge < -0.3 is 11.5 Å². The Labute approximate surface area is 86.3 Å². The zero-order chi connectivity index (χ0) is 10.6. The molecule has 1 aromatic carbocycles. The molecule has 0 radical (unpaired) electrons. The van der Waals surface area contributed by atoms with Crippen LogP contribution in [0.3, 0.4) is 0 Å². The molecule has 0 saturated heterocycles. The monoisotopic (exact) mass is 192 g/mol. The maximum absolute atomic E-state index is 6.09. The van der Waals surface area contributed by atoms with Crippen LogP contribution in [0.1, 0.15) is 43.4 Å². The van der Waals surface area contributed by atoms with E-state index < -0.39 is 0 Å². The summed E-state index contributed by atoms with van der Waals surface area (Å²) in [5.74, 6) is 0. The second-order valence-electron chi connectivity index (χ2n) is 3.86. The molecular formula is C12H20N2. The molecule has 2 nitrogen and oxygen atoms in total. The van der Waals surface area contributed by atoms with Gasteiger partial charge in [-0.2, -0.15) is 0 Å². The van der Waals surface area contributed by atoms with Gasteiger partial charge in [0.1, 0.15) is 0 Å². The fraction of sp³-hybridized carbons (Fsp3) is 0.500. The Morgan fingerprint density at radius 3 is 2.64 bits per heavy atom. The Morgan fingerprint density at radius 1 is 1.36 bits per heavy atom. The van der Waals surface area contributed by atoms with Crippen molar-refractivity contribution < 1.29 is 0 Å². The molecule has 0 heterocycles. The van der Waals surface area contributed by atoms with Gasteiger partial charge in [0, 0.05) is 11.7 Å². The van der Waals surface area contributed by atoms with Crippen molar-refractivity contribution in [2.75, 3.05) is 5.73 Å². The molecule has 0 aliphatic heterocycles. The van der Waals surface area contributed by atoms with Gasteiger partial charge >= 0.3 is 0 Å². The lowest BCUT2D eigenvalue weighted by Gasteiger charge is -2.14. The zero-order valence-corrected chi connectivity index (χ0v) is 9.09. The van der Waals surface area contributed by atoms with Crippen LogP contribution in [0.2, 0.25) is 0 Å². The molecule has 0 aliphatic rings. The molecule has 1 rings (SSSR count). The summed E-state index contributed by atoms with van der Waals surface area (Å²) >= 11 is 0. The van der Waals surface area contributed by atoms with Crippen molar-refractivity contribution in [2.45, 2.75) is 39.2 Å². The molecule has 0 aromatic heterocycles. The fourth-order valence-corrected chi connectivity index (χ4v) is 1.69. The number of aryl methyl sites for hydroxylation is 1. The maximum atomic E-state index is 6.09. The number of rotatable bonds is 4. The van der Waals surface area contributed by atoms with E-state index >= 15 is 0 Å². The van der Waals surface area contributed by atoms with Crippen LogP contribution in [-0.4, -0.2) is 0 Å². The number of nitrogen functional groups attached to an aromatic ring is 1. The summed E-state index contributed by atoms with van der Waals surface area (Å²) in [4.78, 5) is 0. The highest BCUT2D eigenvalue weighted by Gasteiger charge is 2.07. The molecule has 0 amide bonds. The minimum Gasteiger partial charge on any atom is -0.399 e. The molecule has 4 N–H and O–H groups in total. The summed E-state index contributed by atoms with van der Waals surface area (Å²) in [6.07, 6.45) is 3.44. The Kier molecular flexibility index (Phi) is 3.96. The summed E-state index contributed by atoms with van der Waals surface area (Å²) in [6, 6.07) is 6.12. The van der Waals surface area contributed by atoms with E-state index in [4.69, 9.17) is 11.5 Å². The quantitative estimate of drug-likeness (QED) is 0.721. The van der Waals surface area contributed by atoms with Gasteiger partial charge in [-0.1, -0.05) is 25.8 Å². The Hall–Kier alpha value is -1.02. The first kappa shape index (κ1) is 11.1. The van der Waals surface area contributed by atoms with E-state index in [9.17, 15) is 0 Å². The van der Waals surface area contributed by atoms with Crippen molar-refractivity contribution in [3.63, 3.8) is 0 Å². The molecule has 0 aliphatic carbocycles. The van der Waals surface area contributed by atoms with Gasteiger partial charge in [0.15, 0.2) is 0 Å². The van der Waals surface area contributed by atoms with Gasteiger partial charge in [-0.3, -0.25) is 0 Å². The predicted octanol–water partition coefficient (Wildman–Crippen LogP) is 2.77. The topological polar surface area (TPSA) is 52.0 Å². The van der Waals surface area contributed by atoms with Gasteiger partial charge in [-0.25, -0.2) is 0 Å². The molecule has 1 aromatic rings. The van der Waals surface area contributed by atoms with Crippen molar-refractivity contribution in [3.05, 3.63) is 29.3 Å². The highest BCUT2D eigenvalue weighted by atomic mass is 14.6. The third-order valence-electron chi connectivity index (χ3n) is 2.56. The molecule has 2 heteroatoms. The average molecular weight is 192 g/mol. The predicted molar refractivity (Wildman–Crippen MR) is 62.0 cm³/mol. The van der Waals surface area contributed by atoms with Crippen LogP contribution in [0.25, 0.3) is 0 Å². The minimum atomic E-state index is 0.163. The van der Waals surface area contributed by atoms with Crippen LogP contribution < -0.4 is 11.5 Å². The molecule has 1 atom stereocenters. The van der Waals surface area contributed by atoms with Crippen molar-refractivity contribution in [1.82, 2.24) is 0 Å². The van der Waals surface area contributed by atoms with Crippen LogP contribution in [0.4, 0.5) is 5.69 Å². The molecule has 1 unspecified atom stereocenters. The number of hydrogen-bond acceptors (Lipinski definition) is 2. The molecule has 0 fully saturated rings. The van der Waals surface area contributed by atoms with Crippen molar-refractivity contribution in [2.24, 2.45) is 5.73 Å². The minimum absolute atomic E-state index is 0.163. The SMILES string of the molecule is CCCCC(N)c1ccc(N)cc1C. The largest absolute Gasteiger partial charge is 0.399 e. The highest BCUT2D eigenvalue weighted by molar-refractivity contribution is 5.45. The number of unbranched alkanes of at least 4 members (excludes halogenated alkanes) is 1. The van der Waals surface area contributed by atoms with E-state index in [1.807, 2.05) is 18.2 Å². The molecule has 0 saturated carbocycles. The summed E-state index contributed by atoms with van der Waals surface area (Å²) in [7, 11) is 0. The lowest BCUT2D eigenvalue weighted by atomic mass is 9.97. The van der Waals surface area contributed by atoms with E-state index in [0.717, 1.165) is 12.1 Å². The van der Waals surface area contributed by atoms with E-state index in [-0.39, 0.29) is 6.04 Å². The first-order valence-corrected chi connectivity index (χ1v) is 5.26. The van der Waals surface area contributed by atoms with E-state index in [0.29, 0.717) is 0 Å². The Morgan fingerprint density at radius 2 is 2.07 bits per heavy atom. The lowest BCUT2D eigenvalue weighted by molar-refractivity contribution is 0.601. The van der Waals surface area contributed by atoms with Crippen LogP contribution in [0.5, 0.6) is 0 Å². The summed E-state index contributed by atoms with van der Waals surface area (Å²) < 4.78 is 0. The van der Waals surface area contributed by atoms with E-state index in [2.05, 4.69) is 13.8 Å². The summed E-state index contributed by atoms with van der Waals surface area (Å²) in [5.41, 5.74) is 15.0. The van der Waals surface area contributed by atoms with Crippen LogP contribution in [-0.2, 0) is 0 Å². The van der Waals surface area contributed by atoms with Crippen molar-refractivity contribution in [1.29, 1.82) is 0 Å². The second-order valence-corrected chi connectivity index (χ2v) is 3.86. The van der Waals surface area contributed by atoms with E-state index in [1.54, 1.807) is 0 Å². The average Bonchev–Trinajstić information content (AvgIpc) is 2.14. The fourth-order valence-electron chi connectivity index (χ4n) is 1.69. The van der Waals surface area contributed by atoms with Gasteiger partial charge in [0.25, 0.3) is 0 Å². The maximum Gasteiger partial charge on any atom is 0.0316 e. The Balaban J connectivity index is 2.74. The second kappa shape index (κ2) is 5.01. The van der Waals surface area contributed by atoms with Gasteiger partial charge in [0.05, 0.1) is 0 Å². The van der Waals surface area contributed by atoms with Crippen molar-refractivity contribution >= 4 is 5.69 Å². The third-order valence-corrected chi connectivity index (χ3v) is 2.56. The van der Waals surface area contributed by atoms with Crippen LogP contribution in [0, 0.1) is 6.92 Å². The lowest BCUT2D eigenvalue weighted by Crippen LogP contribution is -2.11. The molecular weight excluding hydrogens is 172 g/mol. The zero-order valence-electron chi connectivity index (χ0n) is 9.09. The highest BCUT2D eigenvalue weighted by Crippen LogP contribution is 2.22. The number of hydrogen-bond donors (Lipinski definition) is 2. The molecule has 0 spiro atoms. The first-order chi connectivity index (χ1) is 6.65. The third kappa shape index (κ3) is 2.74. The number of nitrogens with two attached hydrogens (primary N) is 2. The molecule has 78 valence electrons. The van der Waals surface area contributed by atoms with E-state index in [1.165, 1.54) is 24.0 Å².